The molecule has 0 aliphatic carbocycles. The number of hydrogen-bond donors (Lipinski definition) is 1. The Kier molecular flexibility index (Phi) is 4.52. The lowest BCUT2D eigenvalue weighted by molar-refractivity contribution is 0.601. The van der Waals surface area contributed by atoms with Gasteiger partial charge in [-0.15, -0.1) is 0 Å². The first-order valence-corrected chi connectivity index (χ1v) is 8.78. The van der Waals surface area contributed by atoms with E-state index >= 15 is 0 Å². The van der Waals surface area contributed by atoms with Crippen LogP contribution >= 0.6 is 38.5 Å². The van der Waals surface area contributed by atoms with Gasteiger partial charge in [0.1, 0.15) is 0 Å². The van der Waals surface area contributed by atoms with Crippen LogP contribution in [0, 0.1) is 10.5 Å². The van der Waals surface area contributed by atoms with Gasteiger partial charge in [0, 0.05) is 8.04 Å². The number of hydrogen-bond acceptors (Lipinski definition) is 2. The van der Waals surface area contributed by atoms with E-state index in [4.69, 9.17) is 0 Å². The van der Waals surface area contributed by atoms with Crippen LogP contribution in [0.15, 0.2) is 51.8 Å². The maximum absolute atomic E-state index is 12.2. The van der Waals surface area contributed by atoms with Crippen molar-refractivity contribution < 1.29 is 8.42 Å². The largest absolute Gasteiger partial charge is 0.278 e. The van der Waals surface area contributed by atoms with E-state index in [9.17, 15) is 8.42 Å². The highest BCUT2D eigenvalue weighted by Crippen LogP contribution is 2.26. The molecule has 0 bridgehead atoms. The summed E-state index contributed by atoms with van der Waals surface area (Å²) in [6, 6.07) is 12.2. The summed E-state index contributed by atoms with van der Waals surface area (Å²) in [5, 5.41) is 0. The van der Waals surface area contributed by atoms with E-state index in [1.54, 1.807) is 30.3 Å². The lowest BCUT2D eigenvalue weighted by Crippen LogP contribution is -2.13. The van der Waals surface area contributed by atoms with Crippen molar-refractivity contribution in [1.82, 2.24) is 0 Å². The molecule has 2 aromatic rings. The zero-order valence-electron chi connectivity index (χ0n) is 10.0. The molecule has 1 N–H and O–H groups in total. The minimum atomic E-state index is -3.55. The molecule has 0 amide bonds. The molecular formula is C13H11BrINO2S. The maximum atomic E-state index is 12.2. The molecule has 0 aliphatic rings. The van der Waals surface area contributed by atoms with Gasteiger partial charge in [0.05, 0.1) is 10.6 Å². The van der Waals surface area contributed by atoms with Crippen molar-refractivity contribution in [3.8, 4) is 0 Å². The minimum absolute atomic E-state index is 0.253. The highest BCUT2D eigenvalue weighted by molar-refractivity contribution is 14.1. The second kappa shape index (κ2) is 5.80. The monoisotopic (exact) mass is 451 g/mol. The van der Waals surface area contributed by atoms with Crippen molar-refractivity contribution in [2.24, 2.45) is 0 Å². The van der Waals surface area contributed by atoms with Crippen molar-refractivity contribution >= 4 is 54.2 Å². The van der Waals surface area contributed by atoms with Gasteiger partial charge in [0.2, 0.25) is 0 Å². The molecule has 0 saturated carbocycles. The fourth-order valence-electron chi connectivity index (χ4n) is 1.49. The summed E-state index contributed by atoms with van der Waals surface area (Å²) in [5.41, 5.74) is 1.55. The van der Waals surface area contributed by atoms with Crippen LogP contribution in [0.5, 0.6) is 0 Å². The van der Waals surface area contributed by atoms with Crippen molar-refractivity contribution in [3.05, 3.63) is 56.1 Å². The summed E-state index contributed by atoms with van der Waals surface area (Å²) in [6.07, 6.45) is 0. The molecule has 19 heavy (non-hydrogen) atoms. The molecule has 0 atom stereocenters. The SMILES string of the molecule is Cc1ccc(S(=O)(=O)Nc2ccc(I)cc2Br)cc1. The second-order valence-corrected chi connectivity index (χ2v) is 7.83. The lowest BCUT2D eigenvalue weighted by Gasteiger charge is -2.10. The van der Waals surface area contributed by atoms with Crippen LogP contribution in [0.4, 0.5) is 5.69 Å². The quantitative estimate of drug-likeness (QED) is 0.712. The Morgan fingerprint density at radius 3 is 2.32 bits per heavy atom. The number of anilines is 1. The molecule has 0 radical (unpaired) electrons. The third kappa shape index (κ3) is 3.70. The van der Waals surface area contributed by atoms with E-state index in [1.165, 1.54) is 0 Å². The highest BCUT2D eigenvalue weighted by Gasteiger charge is 2.15. The number of nitrogens with one attached hydrogen (secondary N) is 1. The van der Waals surface area contributed by atoms with Crippen molar-refractivity contribution in [1.29, 1.82) is 0 Å². The molecule has 0 unspecified atom stereocenters. The standard InChI is InChI=1S/C13H11BrINO2S/c1-9-2-5-11(6-3-9)19(17,18)16-13-7-4-10(15)8-12(13)14/h2-8,16H,1H3. The molecule has 0 aromatic heterocycles. The fraction of sp³-hybridized carbons (Fsp3) is 0.0769. The topological polar surface area (TPSA) is 46.2 Å². The van der Waals surface area contributed by atoms with E-state index in [1.807, 2.05) is 19.1 Å². The summed E-state index contributed by atoms with van der Waals surface area (Å²) in [7, 11) is -3.55. The van der Waals surface area contributed by atoms with Gasteiger partial charge in [-0.2, -0.15) is 0 Å². The van der Waals surface area contributed by atoms with Gasteiger partial charge in [0.15, 0.2) is 0 Å². The Bertz CT molecular complexity index is 699. The third-order valence-corrected chi connectivity index (χ3v) is 5.22. The first kappa shape index (κ1) is 14.8. The molecule has 3 nitrogen and oxygen atoms in total. The Balaban J connectivity index is 2.33. The Morgan fingerprint density at radius 2 is 1.74 bits per heavy atom. The van der Waals surface area contributed by atoms with Crippen LogP contribution < -0.4 is 4.72 Å². The normalized spacial score (nSPS) is 11.3. The molecule has 100 valence electrons. The zero-order valence-corrected chi connectivity index (χ0v) is 14.6. The fourth-order valence-corrected chi connectivity index (χ4v) is 4.10. The van der Waals surface area contributed by atoms with Crippen molar-refractivity contribution in [2.75, 3.05) is 4.72 Å². The van der Waals surface area contributed by atoms with Crippen LogP contribution in [0.3, 0.4) is 0 Å². The van der Waals surface area contributed by atoms with Crippen LogP contribution in [-0.2, 0) is 10.0 Å². The molecular weight excluding hydrogens is 441 g/mol. The second-order valence-electron chi connectivity index (χ2n) is 4.04. The molecule has 0 heterocycles. The molecule has 6 heteroatoms. The van der Waals surface area contributed by atoms with E-state index in [2.05, 4.69) is 43.2 Å². The number of rotatable bonds is 3. The molecule has 2 aromatic carbocycles. The summed E-state index contributed by atoms with van der Waals surface area (Å²) >= 11 is 5.52. The first-order valence-electron chi connectivity index (χ1n) is 5.43. The minimum Gasteiger partial charge on any atom is -0.278 e. The van der Waals surface area contributed by atoms with Crippen LogP contribution in [-0.4, -0.2) is 8.42 Å². The first-order chi connectivity index (χ1) is 8.88. The van der Waals surface area contributed by atoms with E-state index in [0.29, 0.717) is 5.69 Å². The van der Waals surface area contributed by atoms with Gasteiger partial charge < -0.3 is 0 Å². The van der Waals surface area contributed by atoms with Gasteiger partial charge in [-0.1, -0.05) is 17.7 Å². The van der Waals surface area contributed by atoms with Crippen LogP contribution in [0.1, 0.15) is 5.56 Å². The number of aryl methyl sites for hydroxylation is 1. The predicted octanol–water partition coefficient (Wildman–Crippen LogP) is 4.16. The zero-order chi connectivity index (χ0) is 14.0. The van der Waals surface area contributed by atoms with Crippen LogP contribution in [0.25, 0.3) is 0 Å². The van der Waals surface area contributed by atoms with Crippen LogP contribution in [0.2, 0.25) is 0 Å². The summed E-state index contributed by atoms with van der Waals surface area (Å²) in [5.74, 6) is 0. The smallest absolute Gasteiger partial charge is 0.261 e. The van der Waals surface area contributed by atoms with E-state index in [0.717, 1.165) is 13.6 Å². The predicted molar refractivity (Wildman–Crippen MR) is 88.8 cm³/mol. The summed E-state index contributed by atoms with van der Waals surface area (Å²) < 4.78 is 28.8. The van der Waals surface area contributed by atoms with Gasteiger partial charge in [-0.05, 0) is 75.8 Å². The van der Waals surface area contributed by atoms with Gasteiger partial charge in [0.25, 0.3) is 10.0 Å². The van der Waals surface area contributed by atoms with Crippen molar-refractivity contribution in [2.45, 2.75) is 11.8 Å². The third-order valence-electron chi connectivity index (χ3n) is 2.51. The number of halogens is 2. The highest BCUT2D eigenvalue weighted by atomic mass is 127. The lowest BCUT2D eigenvalue weighted by atomic mass is 10.2. The Labute approximate surface area is 134 Å². The summed E-state index contributed by atoms with van der Waals surface area (Å²) in [6.45, 7) is 1.92. The molecule has 0 saturated heterocycles. The average Bonchev–Trinajstić information content (AvgIpc) is 2.33. The molecule has 0 aliphatic heterocycles. The molecule has 0 spiro atoms. The summed E-state index contributed by atoms with van der Waals surface area (Å²) in [4.78, 5) is 0.253. The number of benzene rings is 2. The van der Waals surface area contributed by atoms with Gasteiger partial charge in [-0.3, -0.25) is 4.72 Å². The van der Waals surface area contributed by atoms with E-state index in [-0.39, 0.29) is 4.90 Å². The van der Waals surface area contributed by atoms with Gasteiger partial charge in [-0.25, -0.2) is 8.42 Å². The molecule has 2 rings (SSSR count). The Hall–Kier alpha value is -0.600. The Morgan fingerprint density at radius 1 is 1.11 bits per heavy atom. The van der Waals surface area contributed by atoms with E-state index < -0.39 is 10.0 Å². The molecule has 0 fully saturated rings. The number of sulfonamides is 1. The van der Waals surface area contributed by atoms with Crippen molar-refractivity contribution in [3.63, 3.8) is 0 Å². The maximum Gasteiger partial charge on any atom is 0.261 e. The van der Waals surface area contributed by atoms with Gasteiger partial charge >= 0.3 is 0 Å². The average molecular weight is 452 g/mol.